The van der Waals surface area contributed by atoms with Crippen LogP contribution in [0.15, 0.2) is 212 Å². The van der Waals surface area contributed by atoms with Gasteiger partial charge in [-0.05, 0) is 158 Å². The van der Waals surface area contributed by atoms with E-state index in [0.717, 1.165) is 39.9 Å². The van der Waals surface area contributed by atoms with Gasteiger partial charge in [-0.25, -0.2) is 0 Å². The third-order valence-electron chi connectivity index (χ3n) is 13.7. The number of rotatable bonds is 9. The molecule has 0 aliphatic heterocycles. The third kappa shape index (κ3) is 6.50. The van der Waals surface area contributed by atoms with Gasteiger partial charge in [0.2, 0.25) is 0 Å². The van der Waals surface area contributed by atoms with Crippen LogP contribution in [0, 0.1) is 0 Å². The van der Waals surface area contributed by atoms with Gasteiger partial charge in [0.15, 0.2) is 0 Å². The fraction of sp³-hybridized carbons (Fsp3) is 0.115. The van der Waals surface area contributed by atoms with E-state index >= 15 is 0 Å². The maximum absolute atomic E-state index is 5.65. The zero-order valence-corrected chi connectivity index (χ0v) is 37.0. The Morgan fingerprint density at radius 2 is 0.625 bits per heavy atom. The van der Waals surface area contributed by atoms with Crippen molar-refractivity contribution >= 4 is 34.1 Å². The number of para-hydroxylation sites is 3. The van der Waals surface area contributed by atoms with Crippen LogP contribution in [-0.4, -0.2) is 7.11 Å². The quantitative estimate of drug-likeness (QED) is 0.144. The fourth-order valence-corrected chi connectivity index (χ4v) is 10.3. The molecule has 9 aromatic carbocycles. The lowest BCUT2D eigenvalue weighted by Crippen LogP contribution is -2.17. The third-order valence-corrected chi connectivity index (χ3v) is 13.7. The van der Waals surface area contributed by atoms with E-state index in [1.165, 1.54) is 66.8 Å². The van der Waals surface area contributed by atoms with Crippen molar-refractivity contribution in [3.05, 3.63) is 235 Å². The van der Waals surface area contributed by atoms with Gasteiger partial charge < -0.3 is 14.5 Å². The van der Waals surface area contributed by atoms with Crippen LogP contribution in [-0.2, 0) is 10.8 Å². The van der Waals surface area contributed by atoms with E-state index in [9.17, 15) is 0 Å². The Morgan fingerprint density at radius 1 is 0.297 bits per heavy atom. The molecule has 0 N–H and O–H groups in total. The summed E-state index contributed by atoms with van der Waals surface area (Å²) in [5.74, 6) is 0.834. The van der Waals surface area contributed by atoms with E-state index < -0.39 is 0 Å². The van der Waals surface area contributed by atoms with Crippen LogP contribution in [0.4, 0.5) is 34.1 Å². The Bertz CT molecular complexity index is 3150. The number of fused-ring (bicyclic) bond motifs is 6. The molecule has 0 spiro atoms. The molecule has 3 nitrogen and oxygen atoms in total. The molecule has 0 unspecified atom stereocenters. The standard InChI is InChI=1S/C61H50N2O/c1-60(2)56-36-42(41-24-29-48(30-25-41)62(45-16-9-6-10-17-45)46-18-11-7-12-19-46)26-32-52(56)53-33-27-43(37-57(53)60)44-28-34-54-55-35-31-50(40-59(55)61(3,4)58(54)38-44)63(47-20-13-8-14-21-47)49-22-15-23-51(39-49)64-5/h6-40H,1-5H3. The Balaban J connectivity index is 0.893. The summed E-state index contributed by atoms with van der Waals surface area (Å²) in [5.41, 5.74) is 22.0. The summed E-state index contributed by atoms with van der Waals surface area (Å²) >= 11 is 0. The summed E-state index contributed by atoms with van der Waals surface area (Å²) in [5, 5.41) is 0. The van der Waals surface area contributed by atoms with Crippen LogP contribution < -0.4 is 14.5 Å². The molecule has 2 aliphatic carbocycles. The SMILES string of the molecule is COc1cccc(N(c2ccccc2)c2ccc3c(c2)C(C)(C)c2cc(-c4ccc5c(c4)C(C)(C)c4cc(-c6ccc(N(c7ccccc7)c7ccccc7)cc6)ccc4-5)ccc2-3)c1. The highest BCUT2D eigenvalue weighted by molar-refractivity contribution is 5.90. The first-order valence-corrected chi connectivity index (χ1v) is 22.3. The van der Waals surface area contributed by atoms with Gasteiger partial charge in [0.25, 0.3) is 0 Å². The zero-order chi connectivity index (χ0) is 43.6. The van der Waals surface area contributed by atoms with Crippen molar-refractivity contribution in [3.63, 3.8) is 0 Å². The number of hydrogen-bond donors (Lipinski definition) is 0. The molecule has 310 valence electrons. The first kappa shape index (κ1) is 39.2. The summed E-state index contributed by atoms with van der Waals surface area (Å²) in [4.78, 5) is 4.63. The predicted octanol–water partition coefficient (Wildman–Crippen LogP) is 16.6. The smallest absolute Gasteiger partial charge is 0.120 e. The molecule has 0 saturated carbocycles. The minimum atomic E-state index is -0.199. The van der Waals surface area contributed by atoms with Crippen LogP contribution in [0.25, 0.3) is 44.5 Å². The number of hydrogen-bond acceptors (Lipinski definition) is 3. The van der Waals surface area contributed by atoms with Crippen molar-refractivity contribution < 1.29 is 4.74 Å². The molecule has 0 atom stereocenters. The number of anilines is 6. The molecule has 64 heavy (non-hydrogen) atoms. The molecule has 2 aliphatic rings. The van der Waals surface area contributed by atoms with Crippen LogP contribution in [0.3, 0.4) is 0 Å². The zero-order valence-electron chi connectivity index (χ0n) is 37.0. The van der Waals surface area contributed by atoms with Crippen LogP contribution in [0.1, 0.15) is 49.9 Å². The van der Waals surface area contributed by atoms with Gasteiger partial charge in [0.1, 0.15) is 5.75 Å². The van der Waals surface area contributed by atoms with E-state index in [1.807, 2.05) is 6.07 Å². The highest BCUT2D eigenvalue weighted by Crippen LogP contribution is 2.54. The second-order valence-electron chi connectivity index (χ2n) is 18.2. The second-order valence-corrected chi connectivity index (χ2v) is 18.2. The molecule has 3 heteroatoms. The number of benzene rings is 9. The van der Waals surface area contributed by atoms with Gasteiger partial charge in [-0.15, -0.1) is 0 Å². The largest absolute Gasteiger partial charge is 0.497 e. The van der Waals surface area contributed by atoms with Crippen molar-refractivity contribution in [3.8, 4) is 50.3 Å². The Kier molecular flexibility index (Phi) is 9.40. The molecule has 9 aromatic rings. The van der Waals surface area contributed by atoms with E-state index in [1.54, 1.807) is 7.11 Å². The van der Waals surface area contributed by atoms with Gasteiger partial charge in [0, 0.05) is 51.0 Å². The van der Waals surface area contributed by atoms with Gasteiger partial charge in [-0.2, -0.15) is 0 Å². The van der Waals surface area contributed by atoms with Gasteiger partial charge in [0.05, 0.1) is 7.11 Å². The van der Waals surface area contributed by atoms with Crippen molar-refractivity contribution in [2.24, 2.45) is 0 Å². The topological polar surface area (TPSA) is 15.7 Å². The van der Waals surface area contributed by atoms with Crippen molar-refractivity contribution in [2.75, 3.05) is 16.9 Å². The molecular weight excluding hydrogens is 777 g/mol. The fourth-order valence-electron chi connectivity index (χ4n) is 10.3. The van der Waals surface area contributed by atoms with Gasteiger partial charge in [-0.3, -0.25) is 0 Å². The lowest BCUT2D eigenvalue weighted by Gasteiger charge is -2.28. The molecular formula is C61H50N2O. The van der Waals surface area contributed by atoms with E-state index in [0.29, 0.717) is 0 Å². The van der Waals surface area contributed by atoms with Crippen LogP contribution in [0.5, 0.6) is 5.75 Å². The number of ether oxygens (including phenoxy) is 1. The Morgan fingerprint density at radius 3 is 1.08 bits per heavy atom. The summed E-state index contributed by atoms with van der Waals surface area (Å²) in [6, 6.07) is 77.3. The van der Waals surface area contributed by atoms with Crippen molar-refractivity contribution in [1.82, 2.24) is 0 Å². The molecule has 0 aromatic heterocycles. The average Bonchev–Trinajstić information content (AvgIpc) is 3.71. The molecule has 0 radical (unpaired) electrons. The van der Waals surface area contributed by atoms with Gasteiger partial charge in [-0.1, -0.05) is 143 Å². The predicted molar refractivity (Wildman–Crippen MR) is 268 cm³/mol. The lowest BCUT2D eigenvalue weighted by atomic mass is 9.80. The summed E-state index contributed by atoms with van der Waals surface area (Å²) < 4.78 is 5.65. The second kappa shape index (κ2) is 15.3. The van der Waals surface area contributed by atoms with Crippen LogP contribution >= 0.6 is 0 Å². The molecule has 0 fully saturated rings. The van der Waals surface area contributed by atoms with Crippen molar-refractivity contribution in [1.29, 1.82) is 0 Å². The summed E-state index contributed by atoms with van der Waals surface area (Å²) in [6.45, 7) is 9.52. The monoisotopic (exact) mass is 826 g/mol. The Labute approximate surface area is 377 Å². The van der Waals surface area contributed by atoms with Gasteiger partial charge >= 0.3 is 0 Å². The first-order chi connectivity index (χ1) is 31.2. The maximum atomic E-state index is 5.65. The molecule has 0 saturated heterocycles. The normalized spacial score (nSPS) is 13.6. The minimum absolute atomic E-state index is 0.163. The van der Waals surface area contributed by atoms with E-state index in [-0.39, 0.29) is 10.8 Å². The van der Waals surface area contributed by atoms with Crippen molar-refractivity contribution in [2.45, 2.75) is 38.5 Å². The average molecular weight is 827 g/mol. The number of methoxy groups -OCH3 is 1. The molecule has 11 rings (SSSR count). The summed E-state index contributed by atoms with van der Waals surface area (Å²) in [7, 11) is 1.72. The highest BCUT2D eigenvalue weighted by atomic mass is 16.5. The van der Waals surface area contributed by atoms with E-state index in [4.69, 9.17) is 4.74 Å². The highest BCUT2D eigenvalue weighted by Gasteiger charge is 2.38. The number of nitrogens with zero attached hydrogens (tertiary/aromatic N) is 2. The lowest BCUT2D eigenvalue weighted by molar-refractivity contribution is 0.415. The Hall–Kier alpha value is -7.62. The molecule has 0 amide bonds. The molecule has 0 bridgehead atoms. The van der Waals surface area contributed by atoms with E-state index in [2.05, 4.69) is 244 Å². The first-order valence-electron chi connectivity index (χ1n) is 22.3. The van der Waals surface area contributed by atoms with Crippen LogP contribution in [0.2, 0.25) is 0 Å². The summed E-state index contributed by atoms with van der Waals surface area (Å²) in [6.07, 6.45) is 0. The maximum Gasteiger partial charge on any atom is 0.120 e. The molecule has 0 heterocycles. The minimum Gasteiger partial charge on any atom is -0.497 e.